The van der Waals surface area contributed by atoms with Gasteiger partial charge in [-0.25, -0.2) is 9.37 Å². The van der Waals surface area contributed by atoms with Crippen LogP contribution in [0.5, 0.6) is 11.6 Å². The minimum atomic E-state index is -0.545. The van der Waals surface area contributed by atoms with Crippen molar-refractivity contribution < 1.29 is 23.4 Å². The number of halogens is 2. The van der Waals surface area contributed by atoms with Crippen molar-refractivity contribution in [3.05, 3.63) is 46.8 Å². The van der Waals surface area contributed by atoms with Crippen molar-refractivity contribution in [1.29, 1.82) is 0 Å². The highest BCUT2D eigenvalue weighted by molar-refractivity contribution is 9.10. The molecule has 0 aliphatic rings. The minimum absolute atomic E-state index is 0.00775. The number of benzene rings is 1. The van der Waals surface area contributed by atoms with E-state index in [9.17, 15) is 9.18 Å². The van der Waals surface area contributed by atoms with Gasteiger partial charge >= 0.3 is 0 Å². The molecule has 2 rings (SSSR count). The van der Waals surface area contributed by atoms with E-state index in [1.165, 1.54) is 18.3 Å². The molecule has 0 bridgehead atoms. The van der Waals surface area contributed by atoms with Gasteiger partial charge in [-0.2, -0.15) is 0 Å². The zero-order valence-corrected chi connectivity index (χ0v) is 14.5. The number of ether oxygens (including phenoxy) is 3. The molecule has 24 heavy (non-hydrogen) atoms. The number of rotatable bonds is 8. The topological polar surface area (TPSA) is 69.7 Å². The van der Waals surface area contributed by atoms with Gasteiger partial charge in [0.25, 0.3) is 5.91 Å². The molecule has 0 spiro atoms. The Hall–Kier alpha value is -2.19. The first-order valence-electron chi connectivity index (χ1n) is 7.04. The monoisotopic (exact) mass is 398 g/mol. The summed E-state index contributed by atoms with van der Waals surface area (Å²) in [5.74, 6) is -0.532. The van der Waals surface area contributed by atoms with Crippen LogP contribution in [0.15, 0.2) is 41.0 Å². The van der Waals surface area contributed by atoms with E-state index in [-0.39, 0.29) is 12.4 Å². The first-order chi connectivity index (χ1) is 11.6. The lowest BCUT2D eigenvalue weighted by atomic mass is 10.3. The Morgan fingerprint density at radius 1 is 1.25 bits per heavy atom. The fraction of sp³-hybridized carbons (Fsp3) is 0.250. The smallest absolute Gasteiger partial charge is 0.262 e. The highest BCUT2D eigenvalue weighted by Crippen LogP contribution is 2.21. The number of pyridine rings is 1. The normalized spacial score (nSPS) is 10.3. The van der Waals surface area contributed by atoms with Crippen molar-refractivity contribution in [2.75, 3.05) is 32.2 Å². The number of amides is 1. The minimum Gasteiger partial charge on any atom is -0.481 e. The Morgan fingerprint density at radius 2 is 2.08 bits per heavy atom. The molecule has 1 aromatic carbocycles. The third kappa shape index (κ3) is 5.78. The molecule has 2 aromatic rings. The van der Waals surface area contributed by atoms with Gasteiger partial charge in [0.15, 0.2) is 18.2 Å². The van der Waals surface area contributed by atoms with Crippen molar-refractivity contribution in [1.82, 2.24) is 4.98 Å². The van der Waals surface area contributed by atoms with Gasteiger partial charge in [-0.1, -0.05) is 15.9 Å². The number of methoxy groups -OCH3 is 1. The van der Waals surface area contributed by atoms with Crippen LogP contribution >= 0.6 is 15.9 Å². The average molecular weight is 399 g/mol. The largest absolute Gasteiger partial charge is 0.481 e. The van der Waals surface area contributed by atoms with Crippen molar-refractivity contribution >= 4 is 27.5 Å². The Bertz CT molecular complexity index is 682. The first-order valence-corrected chi connectivity index (χ1v) is 7.83. The van der Waals surface area contributed by atoms with E-state index in [1.54, 1.807) is 25.3 Å². The summed E-state index contributed by atoms with van der Waals surface area (Å²) in [4.78, 5) is 15.9. The standard InChI is InChI=1S/C16H16BrFN2O4/c1-22-6-7-23-16-5-3-12(9-19-16)20-15(21)10-24-14-4-2-11(17)8-13(14)18/h2-5,8-9H,6-7,10H2,1H3,(H,20,21). The van der Waals surface area contributed by atoms with Crippen LogP contribution in [-0.2, 0) is 9.53 Å². The van der Waals surface area contributed by atoms with Crippen LogP contribution in [0.1, 0.15) is 0 Å². The van der Waals surface area contributed by atoms with Crippen molar-refractivity contribution in [3.8, 4) is 11.6 Å². The molecule has 0 radical (unpaired) electrons. The van der Waals surface area contributed by atoms with Crippen LogP contribution in [0.4, 0.5) is 10.1 Å². The Kier molecular flexibility index (Phi) is 6.95. The highest BCUT2D eigenvalue weighted by atomic mass is 79.9. The van der Waals surface area contributed by atoms with Gasteiger partial charge < -0.3 is 19.5 Å². The fourth-order valence-corrected chi connectivity index (χ4v) is 2.03. The average Bonchev–Trinajstić information content (AvgIpc) is 2.56. The summed E-state index contributed by atoms with van der Waals surface area (Å²) in [6.45, 7) is 0.538. The number of carbonyl (C=O) groups is 1. The van der Waals surface area contributed by atoms with Crippen LogP contribution < -0.4 is 14.8 Å². The van der Waals surface area contributed by atoms with E-state index in [4.69, 9.17) is 14.2 Å². The number of aromatic nitrogens is 1. The maximum atomic E-state index is 13.6. The molecule has 128 valence electrons. The third-order valence-electron chi connectivity index (χ3n) is 2.81. The molecule has 8 heteroatoms. The molecule has 6 nitrogen and oxygen atoms in total. The lowest BCUT2D eigenvalue weighted by Gasteiger charge is -2.09. The Balaban J connectivity index is 1.81. The van der Waals surface area contributed by atoms with Gasteiger partial charge in [-0.3, -0.25) is 4.79 Å². The first kappa shape index (κ1) is 18.2. The molecular weight excluding hydrogens is 383 g/mol. The van der Waals surface area contributed by atoms with Gasteiger partial charge in [-0.05, 0) is 24.3 Å². The van der Waals surface area contributed by atoms with E-state index in [0.29, 0.717) is 29.3 Å². The molecule has 0 saturated carbocycles. The number of anilines is 1. The summed E-state index contributed by atoms with van der Waals surface area (Å²) in [5.41, 5.74) is 0.485. The maximum absolute atomic E-state index is 13.6. The lowest BCUT2D eigenvalue weighted by Crippen LogP contribution is -2.20. The summed E-state index contributed by atoms with van der Waals surface area (Å²) in [6.07, 6.45) is 1.46. The molecule has 0 saturated heterocycles. The van der Waals surface area contributed by atoms with E-state index in [2.05, 4.69) is 26.2 Å². The molecule has 0 fully saturated rings. The Morgan fingerprint density at radius 3 is 2.75 bits per heavy atom. The number of carbonyl (C=O) groups excluding carboxylic acids is 1. The van der Waals surface area contributed by atoms with Crippen LogP contribution in [0, 0.1) is 5.82 Å². The van der Waals surface area contributed by atoms with Crippen molar-refractivity contribution in [2.24, 2.45) is 0 Å². The summed E-state index contributed by atoms with van der Waals surface area (Å²) in [7, 11) is 1.58. The predicted molar refractivity (Wildman–Crippen MR) is 89.8 cm³/mol. The molecular formula is C16H16BrFN2O4. The van der Waals surface area contributed by atoms with Gasteiger partial charge in [-0.15, -0.1) is 0 Å². The molecule has 0 unspecified atom stereocenters. The zero-order chi connectivity index (χ0) is 17.4. The van der Waals surface area contributed by atoms with E-state index in [0.717, 1.165) is 0 Å². The van der Waals surface area contributed by atoms with E-state index >= 15 is 0 Å². The van der Waals surface area contributed by atoms with E-state index in [1.807, 2.05) is 0 Å². The van der Waals surface area contributed by atoms with Crippen molar-refractivity contribution in [3.63, 3.8) is 0 Å². The quantitative estimate of drug-likeness (QED) is 0.692. The van der Waals surface area contributed by atoms with Crippen LogP contribution in [0.3, 0.4) is 0 Å². The number of hydrogen-bond donors (Lipinski definition) is 1. The molecule has 1 amide bonds. The molecule has 0 aliphatic carbocycles. The van der Waals surface area contributed by atoms with Gasteiger partial charge in [0, 0.05) is 17.6 Å². The number of nitrogens with zero attached hydrogens (tertiary/aromatic N) is 1. The zero-order valence-electron chi connectivity index (χ0n) is 12.9. The van der Waals surface area contributed by atoms with Gasteiger partial charge in [0.1, 0.15) is 6.61 Å². The van der Waals surface area contributed by atoms with Crippen LogP contribution in [-0.4, -0.2) is 37.8 Å². The molecule has 1 aromatic heterocycles. The summed E-state index contributed by atoms with van der Waals surface area (Å²) in [6, 6.07) is 7.61. The molecule has 0 atom stereocenters. The SMILES string of the molecule is COCCOc1ccc(NC(=O)COc2ccc(Br)cc2F)cn1. The van der Waals surface area contributed by atoms with Gasteiger partial charge in [0.05, 0.1) is 18.5 Å². The lowest BCUT2D eigenvalue weighted by molar-refractivity contribution is -0.118. The predicted octanol–water partition coefficient (Wildman–Crippen LogP) is 3.03. The molecule has 1 N–H and O–H groups in total. The van der Waals surface area contributed by atoms with E-state index < -0.39 is 11.7 Å². The molecule has 0 aliphatic heterocycles. The summed E-state index contributed by atoms with van der Waals surface area (Å²) in [5, 5.41) is 2.60. The molecule has 1 heterocycles. The summed E-state index contributed by atoms with van der Waals surface area (Å²) < 4.78 is 29.5. The van der Waals surface area contributed by atoms with Crippen LogP contribution in [0.25, 0.3) is 0 Å². The summed E-state index contributed by atoms with van der Waals surface area (Å²) >= 11 is 3.15. The third-order valence-corrected chi connectivity index (χ3v) is 3.30. The fourth-order valence-electron chi connectivity index (χ4n) is 1.70. The number of hydrogen-bond acceptors (Lipinski definition) is 5. The maximum Gasteiger partial charge on any atom is 0.262 e. The number of nitrogens with one attached hydrogen (secondary N) is 1. The van der Waals surface area contributed by atoms with Crippen LogP contribution in [0.2, 0.25) is 0 Å². The van der Waals surface area contributed by atoms with Crippen molar-refractivity contribution in [2.45, 2.75) is 0 Å². The van der Waals surface area contributed by atoms with Gasteiger partial charge in [0.2, 0.25) is 5.88 Å². The second-order valence-electron chi connectivity index (χ2n) is 4.64. The Labute approximate surface area is 147 Å². The second-order valence-corrected chi connectivity index (χ2v) is 5.55. The highest BCUT2D eigenvalue weighted by Gasteiger charge is 2.08. The second kappa shape index (κ2) is 9.19.